The Morgan fingerprint density at radius 1 is 1.00 bits per heavy atom. The summed E-state index contributed by atoms with van der Waals surface area (Å²) in [6.45, 7) is 0. The third kappa shape index (κ3) is 0.567. The van der Waals surface area contributed by atoms with Gasteiger partial charge in [-0.1, -0.05) is 0 Å². The highest BCUT2D eigenvalue weighted by atomic mass is 15.3. The quantitative estimate of drug-likeness (QED) is 0.488. The summed E-state index contributed by atoms with van der Waals surface area (Å²) < 4.78 is 3.65. The molecule has 0 aliphatic heterocycles. The minimum Gasteiger partial charge on any atom is -0.223 e. The molecule has 3 heterocycles. The van der Waals surface area contributed by atoms with Crippen molar-refractivity contribution in [2.24, 2.45) is 0 Å². The number of nitrogens with zero attached hydrogens (tertiary/aromatic N) is 4. The monoisotopic (exact) mass is 158 g/mol. The summed E-state index contributed by atoms with van der Waals surface area (Å²) in [6.07, 6.45) is 5.46. The third-order valence-corrected chi connectivity index (χ3v) is 1.92. The van der Waals surface area contributed by atoms with Crippen molar-refractivity contribution in [3.05, 3.63) is 36.8 Å². The van der Waals surface area contributed by atoms with Crippen LogP contribution in [-0.2, 0) is 0 Å². The number of hydrogen-bond acceptors (Lipinski definition) is 2. The van der Waals surface area contributed by atoms with E-state index in [4.69, 9.17) is 0 Å². The first-order valence-electron chi connectivity index (χ1n) is 3.71. The molecule has 0 spiro atoms. The first kappa shape index (κ1) is 5.77. The van der Waals surface area contributed by atoms with Gasteiger partial charge in [-0.2, -0.15) is 10.2 Å². The van der Waals surface area contributed by atoms with E-state index in [0.717, 1.165) is 11.2 Å². The molecule has 0 unspecified atom stereocenters. The lowest BCUT2D eigenvalue weighted by Gasteiger charge is -1.95. The molecule has 0 saturated heterocycles. The summed E-state index contributed by atoms with van der Waals surface area (Å²) in [5.41, 5.74) is 2.07. The van der Waals surface area contributed by atoms with Crippen molar-refractivity contribution in [3.63, 3.8) is 0 Å². The zero-order chi connectivity index (χ0) is 7.97. The van der Waals surface area contributed by atoms with E-state index >= 15 is 0 Å². The summed E-state index contributed by atoms with van der Waals surface area (Å²) in [7, 11) is 0. The van der Waals surface area contributed by atoms with E-state index < -0.39 is 0 Å². The fraction of sp³-hybridized carbons (Fsp3) is 0. The van der Waals surface area contributed by atoms with Gasteiger partial charge in [0.15, 0.2) is 5.65 Å². The molecule has 0 fully saturated rings. The van der Waals surface area contributed by atoms with Crippen LogP contribution in [-0.4, -0.2) is 19.2 Å². The summed E-state index contributed by atoms with van der Waals surface area (Å²) in [5, 5.41) is 8.28. The Bertz CT molecular complexity index is 484. The maximum atomic E-state index is 4.17. The Labute approximate surface area is 68.0 Å². The number of aromatic nitrogens is 4. The molecule has 0 aliphatic carbocycles. The molecule has 0 atom stereocenters. The van der Waals surface area contributed by atoms with E-state index in [1.54, 1.807) is 16.9 Å². The molecular formula is C8H6N4. The molecule has 3 aromatic heterocycles. The zero-order valence-corrected chi connectivity index (χ0v) is 6.25. The molecule has 3 aromatic rings. The molecule has 0 radical (unpaired) electrons. The van der Waals surface area contributed by atoms with Crippen LogP contribution in [0.4, 0.5) is 0 Å². The van der Waals surface area contributed by atoms with Crippen molar-refractivity contribution >= 4 is 11.2 Å². The molecule has 4 nitrogen and oxygen atoms in total. The second kappa shape index (κ2) is 1.85. The second-order valence-corrected chi connectivity index (χ2v) is 2.62. The largest absolute Gasteiger partial charge is 0.223 e. The standard InChI is InChI=1S/C8H6N4/c1-4-10-12-7(1)3-6-11-8(12)2-5-9-11/h1-6H. The van der Waals surface area contributed by atoms with Crippen molar-refractivity contribution in [3.8, 4) is 0 Å². The molecule has 0 amide bonds. The summed E-state index contributed by atoms with van der Waals surface area (Å²) in [6, 6.07) is 5.88. The predicted molar refractivity (Wildman–Crippen MR) is 43.9 cm³/mol. The Kier molecular flexibility index (Phi) is 0.889. The molecule has 0 aliphatic rings. The lowest BCUT2D eigenvalue weighted by atomic mass is 10.5. The van der Waals surface area contributed by atoms with E-state index in [-0.39, 0.29) is 0 Å². The van der Waals surface area contributed by atoms with Crippen LogP contribution in [0.1, 0.15) is 0 Å². The summed E-state index contributed by atoms with van der Waals surface area (Å²) >= 11 is 0. The third-order valence-electron chi connectivity index (χ3n) is 1.92. The van der Waals surface area contributed by atoms with Crippen molar-refractivity contribution in [1.29, 1.82) is 0 Å². The van der Waals surface area contributed by atoms with Gasteiger partial charge in [0.1, 0.15) is 0 Å². The Hall–Kier alpha value is -1.84. The van der Waals surface area contributed by atoms with Crippen LogP contribution in [0.25, 0.3) is 11.2 Å². The fourth-order valence-corrected chi connectivity index (χ4v) is 1.37. The van der Waals surface area contributed by atoms with Gasteiger partial charge in [-0.25, -0.2) is 9.03 Å². The fourth-order valence-electron chi connectivity index (χ4n) is 1.37. The minimum atomic E-state index is 0.984. The molecular weight excluding hydrogens is 152 g/mol. The van der Waals surface area contributed by atoms with Crippen molar-refractivity contribution < 1.29 is 0 Å². The molecule has 0 saturated carbocycles. The van der Waals surface area contributed by atoms with Crippen molar-refractivity contribution in [2.75, 3.05) is 0 Å². The average Bonchev–Trinajstić information content (AvgIpc) is 2.71. The maximum absolute atomic E-state index is 4.17. The van der Waals surface area contributed by atoms with Gasteiger partial charge in [-0.15, -0.1) is 0 Å². The van der Waals surface area contributed by atoms with E-state index in [1.807, 2.05) is 28.9 Å². The van der Waals surface area contributed by atoms with Crippen LogP contribution in [0.15, 0.2) is 36.8 Å². The van der Waals surface area contributed by atoms with Crippen LogP contribution in [0.5, 0.6) is 0 Å². The smallest absolute Gasteiger partial charge is 0.157 e. The Morgan fingerprint density at radius 2 is 1.92 bits per heavy atom. The molecule has 12 heavy (non-hydrogen) atoms. The lowest BCUT2D eigenvalue weighted by molar-refractivity contribution is 0.885. The highest BCUT2D eigenvalue weighted by Gasteiger charge is 1.98. The molecule has 4 heteroatoms. The van der Waals surface area contributed by atoms with Gasteiger partial charge < -0.3 is 0 Å². The normalized spacial score (nSPS) is 11.3. The second-order valence-electron chi connectivity index (χ2n) is 2.62. The van der Waals surface area contributed by atoms with Gasteiger partial charge >= 0.3 is 0 Å². The highest BCUT2D eigenvalue weighted by Crippen LogP contribution is 2.06. The molecule has 3 rings (SSSR count). The van der Waals surface area contributed by atoms with Crippen LogP contribution in [0.3, 0.4) is 0 Å². The van der Waals surface area contributed by atoms with E-state index in [2.05, 4.69) is 10.2 Å². The molecule has 0 bridgehead atoms. The molecule has 0 N–H and O–H groups in total. The highest BCUT2D eigenvalue weighted by molar-refractivity contribution is 5.53. The summed E-state index contributed by atoms with van der Waals surface area (Å²) in [4.78, 5) is 0. The minimum absolute atomic E-state index is 0.984. The number of rotatable bonds is 0. The SMILES string of the molecule is c1cc2n(ccc3ccnn32)n1. The zero-order valence-electron chi connectivity index (χ0n) is 6.25. The van der Waals surface area contributed by atoms with Gasteiger partial charge in [0, 0.05) is 12.3 Å². The van der Waals surface area contributed by atoms with E-state index in [0.29, 0.717) is 0 Å². The van der Waals surface area contributed by atoms with Gasteiger partial charge in [0.25, 0.3) is 0 Å². The molecule has 58 valence electrons. The van der Waals surface area contributed by atoms with E-state index in [9.17, 15) is 0 Å². The van der Waals surface area contributed by atoms with Crippen LogP contribution in [0, 0.1) is 0 Å². The first-order valence-corrected chi connectivity index (χ1v) is 3.71. The van der Waals surface area contributed by atoms with Crippen LogP contribution >= 0.6 is 0 Å². The molecule has 0 aromatic carbocycles. The number of fused-ring (bicyclic) bond motifs is 3. The van der Waals surface area contributed by atoms with Gasteiger partial charge in [0.2, 0.25) is 0 Å². The van der Waals surface area contributed by atoms with Gasteiger partial charge in [0.05, 0.1) is 17.9 Å². The predicted octanol–water partition coefficient (Wildman–Crippen LogP) is 0.982. The summed E-state index contributed by atoms with van der Waals surface area (Å²) in [5.74, 6) is 0. The number of hydrogen-bond donors (Lipinski definition) is 0. The first-order chi connectivity index (χ1) is 5.95. The van der Waals surface area contributed by atoms with Crippen molar-refractivity contribution in [2.45, 2.75) is 0 Å². The van der Waals surface area contributed by atoms with Crippen molar-refractivity contribution in [1.82, 2.24) is 19.2 Å². The van der Waals surface area contributed by atoms with Gasteiger partial charge in [-0.05, 0) is 12.1 Å². The Morgan fingerprint density at radius 3 is 2.92 bits per heavy atom. The Balaban J connectivity index is 2.71. The van der Waals surface area contributed by atoms with Crippen LogP contribution < -0.4 is 0 Å². The maximum Gasteiger partial charge on any atom is 0.157 e. The van der Waals surface area contributed by atoms with Crippen LogP contribution in [0.2, 0.25) is 0 Å². The van der Waals surface area contributed by atoms with Gasteiger partial charge in [-0.3, -0.25) is 0 Å². The average molecular weight is 158 g/mol. The topological polar surface area (TPSA) is 34.6 Å². The van der Waals surface area contributed by atoms with E-state index in [1.165, 1.54) is 0 Å². The lowest BCUT2D eigenvalue weighted by Crippen LogP contribution is -1.94.